The predicted octanol–water partition coefficient (Wildman–Crippen LogP) is 1.60. The van der Waals surface area contributed by atoms with Gasteiger partial charge in [-0.25, -0.2) is 0 Å². The smallest absolute Gasteiger partial charge is 0.169 e. The van der Waals surface area contributed by atoms with Gasteiger partial charge in [0.2, 0.25) is 0 Å². The second-order valence-corrected chi connectivity index (χ2v) is 4.27. The largest absolute Gasteiger partial charge is 0.507 e. The lowest BCUT2D eigenvalue weighted by molar-refractivity contribution is 0.372. The summed E-state index contributed by atoms with van der Waals surface area (Å²) in [5.41, 5.74) is -0.961. The van der Waals surface area contributed by atoms with E-state index in [1.165, 1.54) is 6.92 Å². The van der Waals surface area contributed by atoms with E-state index in [0.29, 0.717) is 6.07 Å². The molecule has 2 rings (SSSR count). The molecule has 0 bridgehead atoms. The molecule has 0 aliphatic rings. The molecular weight excluding hydrogens is 268 g/mol. The second-order valence-electron chi connectivity index (χ2n) is 4.27. The van der Waals surface area contributed by atoms with Crippen LogP contribution in [0.15, 0.2) is 12.1 Å². The molecule has 0 aliphatic heterocycles. The highest BCUT2D eigenvalue weighted by atomic mass is 16.3. The van der Waals surface area contributed by atoms with Gasteiger partial charge in [0.05, 0.1) is 11.1 Å². The van der Waals surface area contributed by atoms with E-state index in [2.05, 4.69) is 0 Å². The summed E-state index contributed by atoms with van der Waals surface area (Å²) >= 11 is 0. The maximum atomic E-state index is 9.93. The van der Waals surface area contributed by atoms with Crippen molar-refractivity contribution >= 4 is 0 Å². The van der Waals surface area contributed by atoms with E-state index in [9.17, 15) is 35.7 Å². The maximum absolute atomic E-state index is 9.93. The molecule has 0 radical (unpaired) electrons. The fourth-order valence-corrected chi connectivity index (χ4v) is 1.89. The highest BCUT2D eigenvalue weighted by Gasteiger charge is 2.26. The van der Waals surface area contributed by atoms with Crippen LogP contribution in [0.25, 0.3) is 11.1 Å². The molecule has 0 saturated carbocycles. The van der Waals surface area contributed by atoms with E-state index in [0.717, 1.165) is 6.07 Å². The molecule has 106 valence electrons. The monoisotopic (exact) mass is 280 g/mol. The lowest BCUT2D eigenvalue weighted by Crippen LogP contribution is -1.88. The minimum Gasteiger partial charge on any atom is -0.507 e. The van der Waals surface area contributed by atoms with Crippen molar-refractivity contribution in [2.24, 2.45) is 0 Å². The molecule has 0 amide bonds. The molecular formula is C13H12O7. The highest BCUT2D eigenvalue weighted by molar-refractivity contribution is 5.90. The molecule has 20 heavy (non-hydrogen) atoms. The van der Waals surface area contributed by atoms with Crippen molar-refractivity contribution in [3.05, 3.63) is 17.7 Å². The Bertz CT molecular complexity index is 593. The lowest BCUT2D eigenvalue weighted by atomic mass is 9.97. The Kier molecular flexibility index (Phi) is 2.90. The van der Waals surface area contributed by atoms with Gasteiger partial charge in [0, 0.05) is 6.07 Å². The summed E-state index contributed by atoms with van der Waals surface area (Å²) in [4.78, 5) is 0. The first-order valence-corrected chi connectivity index (χ1v) is 5.47. The molecule has 0 spiro atoms. The zero-order valence-electron chi connectivity index (χ0n) is 10.3. The molecule has 0 aliphatic carbocycles. The van der Waals surface area contributed by atoms with Crippen LogP contribution in [-0.4, -0.2) is 35.7 Å². The molecule has 0 atom stereocenters. The van der Waals surface area contributed by atoms with Crippen LogP contribution < -0.4 is 0 Å². The quantitative estimate of drug-likeness (QED) is 0.310. The topological polar surface area (TPSA) is 142 Å². The van der Waals surface area contributed by atoms with E-state index in [-0.39, 0.29) is 5.56 Å². The molecule has 7 N–H and O–H groups in total. The third kappa shape index (κ3) is 1.76. The van der Waals surface area contributed by atoms with Crippen LogP contribution in [0.2, 0.25) is 0 Å². The average Bonchev–Trinajstić information content (AvgIpc) is 2.38. The zero-order chi connectivity index (χ0) is 15.2. The molecule has 2 aromatic rings. The summed E-state index contributed by atoms with van der Waals surface area (Å²) in [7, 11) is 0. The summed E-state index contributed by atoms with van der Waals surface area (Å²) in [6, 6.07) is 1.77. The Morgan fingerprint density at radius 3 is 1.35 bits per heavy atom. The lowest BCUT2D eigenvalue weighted by Gasteiger charge is -2.15. The molecule has 2 aromatic carbocycles. The number of benzene rings is 2. The first-order chi connectivity index (χ1) is 9.25. The molecule has 7 heteroatoms. The van der Waals surface area contributed by atoms with Crippen molar-refractivity contribution < 1.29 is 35.7 Å². The van der Waals surface area contributed by atoms with Gasteiger partial charge in [-0.2, -0.15) is 0 Å². The van der Waals surface area contributed by atoms with Gasteiger partial charge >= 0.3 is 0 Å². The van der Waals surface area contributed by atoms with Gasteiger partial charge < -0.3 is 35.7 Å². The minimum absolute atomic E-state index is 0.150. The van der Waals surface area contributed by atoms with Gasteiger partial charge in [0.1, 0.15) is 5.75 Å². The molecule has 7 nitrogen and oxygen atoms in total. The Hall–Kier alpha value is -2.96. The molecule has 0 saturated heterocycles. The first-order valence-electron chi connectivity index (χ1n) is 5.47. The van der Waals surface area contributed by atoms with Crippen molar-refractivity contribution in [2.45, 2.75) is 6.92 Å². The third-order valence-electron chi connectivity index (χ3n) is 2.93. The highest BCUT2D eigenvalue weighted by Crippen LogP contribution is 2.55. The van der Waals surface area contributed by atoms with Crippen LogP contribution in [0.3, 0.4) is 0 Å². The van der Waals surface area contributed by atoms with Gasteiger partial charge in [0.15, 0.2) is 34.5 Å². The minimum atomic E-state index is -0.865. The summed E-state index contributed by atoms with van der Waals surface area (Å²) in [5.74, 6) is -5.21. The van der Waals surface area contributed by atoms with E-state index >= 15 is 0 Å². The Labute approximate surface area is 112 Å². The van der Waals surface area contributed by atoms with Crippen LogP contribution >= 0.6 is 0 Å². The number of hydrogen-bond acceptors (Lipinski definition) is 7. The second kappa shape index (κ2) is 4.30. The number of aromatic hydroxyl groups is 7. The van der Waals surface area contributed by atoms with E-state index in [1.807, 2.05) is 0 Å². The summed E-state index contributed by atoms with van der Waals surface area (Å²) in [5, 5.41) is 67.7. The van der Waals surface area contributed by atoms with Crippen LogP contribution in [0.4, 0.5) is 0 Å². The van der Waals surface area contributed by atoms with Crippen LogP contribution in [0.5, 0.6) is 40.2 Å². The molecule has 0 fully saturated rings. The molecule has 0 aromatic heterocycles. The summed E-state index contributed by atoms with van der Waals surface area (Å²) in [6.45, 7) is 1.41. The van der Waals surface area contributed by atoms with Gasteiger partial charge in [-0.05, 0) is 18.6 Å². The SMILES string of the molecule is Cc1cc(O)c(O)c(-c2c(O)c(O)cc(O)c2O)c1O. The van der Waals surface area contributed by atoms with Crippen molar-refractivity contribution in [3.8, 4) is 51.4 Å². The average molecular weight is 280 g/mol. The number of phenolic OH excluding ortho intramolecular Hbond substituents is 7. The van der Waals surface area contributed by atoms with Gasteiger partial charge in [0.25, 0.3) is 0 Å². The third-order valence-corrected chi connectivity index (χ3v) is 2.93. The maximum Gasteiger partial charge on any atom is 0.169 e. The van der Waals surface area contributed by atoms with Gasteiger partial charge in [-0.1, -0.05) is 0 Å². The van der Waals surface area contributed by atoms with Crippen molar-refractivity contribution in [1.82, 2.24) is 0 Å². The molecule has 0 heterocycles. The Morgan fingerprint density at radius 1 is 0.550 bits per heavy atom. The summed E-state index contributed by atoms with van der Waals surface area (Å²) < 4.78 is 0. The number of aryl methyl sites for hydroxylation is 1. The van der Waals surface area contributed by atoms with Crippen molar-refractivity contribution in [2.75, 3.05) is 0 Å². The standard InChI is InChI=1S/C13H12O7/c1-4-2-5(14)11(18)8(10(4)17)9-12(19)6(15)3-7(16)13(9)20/h2-3,14-20H,1H3. The fourth-order valence-electron chi connectivity index (χ4n) is 1.89. The number of hydrogen-bond donors (Lipinski definition) is 7. The zero-order valence-corrected chi connectivity index (χ0v) is 10.3. The van der Waals surface area contributed by atoms with E-state index in [1.54, 1.807) is 0 Å². The normalized spacial score (nSPS) is 10.7. The van der Waals surface area contributed by atoms with Crippen molar-refractivity contribution in [1.29, 1.82) is 0 Å². The van der Waals surface area contributed by atoms with Gasteiger partial charge in [-0.3, -0.25) is 0 Å². The van der Waals surface area contributed by atoms with Gasteiger partial charge in [-0.15, -0.1) is 0 Å². The fraction of sp³-hybridized carbons (Fsp3) is 0.0769. The van der Waals surface area contributed by atoms with Crippen LogP contribution in [0, 0.1) is 6.92 Å². The molecule has 0 unspecified atom stereocenters. The van der Waals surface area contributed by atoms with Crippen LogP contribution in [0.1, 0.15) is 5.56 Å². The Morgan fingerprint density at radius 2 is 0.900 bits per heavy atom. The van der Waals surface area contributed by atoms with E-state index in [4.69, 9.17) is 0 Å². The first kappa shape index (κ1) is 13.5. The number of phenols is 7. The predicted molar refractivity (Wildman–Crippen MR) is 68.3 cm³/mol. The van der Waals surface area contributed by atoms with Crippen LogP contribution in [-0.2, 0) is 0 Å². The summed E-state index contributed by atoms with van der Waals surface area (Å²) in [6.07, 6.45) is 0. The number of rotatable bonds is 1. The Balaban J connectivity index is 2.96. The van der Waals surface area contributed by atoms with E-state index < -0.39 is 51.4 Å². The van der Waals surface area contributed by atoms with Crippen molar-refractivity contribution in [3.63, 3.8) is 0 Å².